The van der Waals surface area contributed by atoms with Gasteiger partial charge in [0.15, 0.2) is 11.7 Å². The zero-order valence-corrected chi connectivity index (χ0v) is 43.6. The number of aromatic nitrogens is 2. The Hall–Kier alpha value is -2.17. The zero-order valence-electron chi connectivity index (χ0n) is 42.0. The monoisotopic (exact) mass is 1000 g/mol. The Bertz CT molecular complexity index is 2370. The number of ketones is 1. The van der Waals surface area contributed by atoms with Crippen molar-refractivity contribution in [2.24, 2.45) is 97.5 Å². The molecule has 1 aromatic rings. The van der Waals surface area contributed by atoms with Crippen molar-refractivity contribution in [2.75, 3.05) is 24.7 Å². The van der Waals surface area contributed by atoms with Crippen LogP contribution in [0.25, 0.3) is 0 Å². The normalized spacial score (nSPS) is 48.8. The van der Waals surface area contributed by atoms with Gasteiger partial charge >= 0.3 is 0 Å². The summed E-state index contributed by atoms with van der Waals surface area (Å²) in [6.07, 6.45) is 19.6. The van der Waals surface area contributed by atoms with E-state index in [1.807, 2.05) is 23.3 Å². The Morgan fingerprint density at radius 3 is 2.57 bits per heavy atom. The lowest BCUT2D eigenvalue weighted by atomic mass is 9.41. The summed E-state index contributed by atoms with van der Waals surface area (Å²) in [6.45, 7) is 8.54. The summed E-state index contributed by atoms with van der Waals surface area (Å²) in [4.78, 5) is 24.2. The van der Waals surface area contributed by atoms with Crippen LogP contribution >= 0.6 is 21.6 Å². The fraction of sp³-hybridized carbons (Fsp3) is 0.804. The molecule has 0 amide bonds. The number of rotatable bonds is 5. The molecule has 0 aromatic carbocycles. The molecule has 0 radical (unpaired) electrons. The third-order valence-corrected chi connectivity index (χ3v) is 24.9. The number of nitrogens with one attached hydrogen (secondary N) is 1. The summed E-state index contributed by atoms with van der Waals surface area (Å²) in [7, 11) is 3.64. The molecule has 384 valence electrons. The molecule has 20 atom stereocenters. The molecule has 12 rings (SSSR count). The van der Waals surface area contributed by atoms with E-state index in [2.05, 4.69) is 41.8 Å². The molecule has 10 aliphatic carbocycles. The van der Waals surface area contributed by atoms with Gasteiger partial charge in [-0.2, -0.15) is 0 Å². The topological polar surface area (TPSA) is 207 Å². The number of hydrogen-bond donors (Lipinski definition) is 8. The molecule has 7 saturated carbocycles. The van der Waals surface area contributed by atoms with E-state index in [0.717, 1.165) is 50.2 Å². The predicted octanol–water partition coefficient (Wildman–Crippen LogP) is 7.12. The van der Waals surface area contributed by atoms with Gasteiger partial charge in [-0.05, 0) is 173 Å². The quantitative estimate of drug-likeness (QED) is 0.0489. The number of allylic oxidation sites excluding steroid dienone is 3. The smallest absolute Gasteiger partial charge is 0.190 e. The predicted molar refractivity (Wildman–Crippen MR) is 274 cm³/mol. The SMILES string of the molecule is CC(O)NC(N)=NCC1CC2(CO)C3CC(CSSCC(n4ccnc4)CC(C)(C)C4=C5CC6CCC7CCCC7(C6)C5C5=C6C(CCC5)CC3C(O)C64)C2(O)C2=CC(=O)C3CC(O)C(O)CC3(C)C21. The fourth-order valence-electron chi connectivity index (χ4n) is 20.3. The van der Waals surface area contributed by atoms with Gasteiger partial charge < -0.3 is 46.3 Å². The van der Waals surface area contributed by atoms with E-state index in [-0.39, 0.29) is 78.8 Å². The molecular formula is C56H81N5O7S2. The summed E-state index contributed by atoms with van der Waals surface area (Å²) in [6, 6.07) is 0.148. The van der Waals surface area contributed by atoms with Crippen LogP contribution in [-0.2, 0) is 4.79 Å². The zero-order chi connectivity index (χ0) is 48.9. The van der Waals surface area contributed by atoms with E-state index < -0.39 is 52.8 Å². The molecule has 1 spiro atoms. The Kier molecular flexibility index (Phi) is 12.2. The summed E-state index contributed by atoms with van der Waals surface area (Å²) in [5, 5.41) is 76.6. The number of hydrogen-bond acceptors (Lipinski definition) is 11. The van der Waals surface area contributed by atoms with E-state index in [1.165, 1.54) is 44.1 Å². The Morgan fingerprint density at radius 1 is 0.986 bits per heavy atom. The maximum Gasteiger partial charge on any atom is 0.190 e. The van der Waals surface area contributed by atoms with Crippen LogP contribution in [0.3, 0.4) is 0 Å². The minimum Gasteiger partial charge on any atom is -0.396 e. The highest BCUT2D eigenvalue weighted by Gasteiger charge is 2.75. The first kappa shape index (κ1) is 48.8. The molecule has 1 aromatic heterocycles. The molecule has 2 heterocycles. The summed E-state index contributed by atoms with van der Waals surface area (Å²) in [5.41, 5.74) is 10.1. The van der Waals surface area contributed by atoms with Crippen LogP contribution in [0.2, 0.25) is 0 Å². The lowest BCUT2D eigenvalue weighted by Gasteiger charge is -2.64. The number of carbonyl (C=O) groups excluding carboxylic acids is 1. The summed E-state index contributed by atoms with van der Waals surface area (Å²) in [5.74, 6) is 1.36. The minimum absolute atomic E-state index is 0.0881. The molecule has 14 heteroatoms. The molecule has 8 fully saturated rings. The van der Waals surface area contributed by atoms with Crippen molar-refractivity contribution in [3.8, 4) is 0 Å². The van der Waals surface area contributed by atoms with Gasteiger partial charge in [-0.1, -0.05) is 71.1 Å². The second-order valence-corrected chi connectivity index (χ2v) is 28.6. The summed E-state index contributed by atoms with van der Waals surface area (Å²) >= 11 is 0. The van der Waals surface area contributed by atoms with Crippen LogP contribution in [0.1, 0.15) is 136 Å². The van der Waals surface area contributed by atoms with Crippen LogP contribution in [0.4, 0.5) is 0 Å². The van der Waals surface area contributed by atoms with E-state index in [1.54, 1.807) is 40.5 Å². The third kappa shape index (κ3) is 7.00. The number of imidazole rings is 1. The van der Waals surface area contributed by atoms with Gasteiger partial charge in [0.25, 0.3) is 0 Å². The molecule has 6 bridgehead atoms. The molecule has 9 N–H and O–H groups in total. The van der Waals surface area contributed by atoms with E-state index in [9.17, 15) is 35.4 Å². The van der Waals surface area contributed by atoms with Crippen LogP contribution in [0.15, 0.2) is 57.7 Å². The molecule has 1 aliphatic heterocycles. The minimum atomic E-state index is -1.61. The maximum absolute atomic E-state index is 14.8. The van der Waals surface area contributed by atoms with Crippen molar-refractivity contribution in [1.82, 2.24) is 14.9 Å². The Labute approximate surface area is 423 Å². The Balaban J connectivity index is 1.05. The van der Waals surface area contributed by atoms with Gasteiger partial charge in [-0.3, -0.25) is 9.79 Å². The number of aliphatic hydroxyl groups excluding tert-OH is 5. The van der Waals surface area contributed by atoms with Gasteiger partial charge in [0, 0.05) is 65.6 Å². The lowest BCUT2D eigenvalue weighted by Crippen LogP contribution is -2.67. The van der Waals surface area contributed by atoms with Crippen LogP contribution in [-0.4, -0.2) is 107 Å². The number of nitrogens with two attached hydrogens (primary N) is 1. The highest BCUT2D eigenvalue weighted by Crippen LogP contribution is 2.75. The lowest BCUT2D eigenvalue weighted by molar-refractivity contribution is -0.185. The third-order valence-electron chi connectivity index (χ3n) is 22.4. The van der Waals surface area contributed by atoms with Gasteiger partial charge in [0.1, 0.15) is 6.23 Å². The average molecular weight is 1000 g/mol. The number of nitrogens with zero attached hydrogens (tertiary/aromatic N) is 3. The highest BCUT2D eigenvalue weighted by molar-refractivity contribution is 8.76. The molecule has 20 unspecified atom stereocenters. The first-order valence-electron chi connectivity index (χ1n) is 27.5. The van der Waals surface area contributed by atoms with Crippen molar-refractivity contribution >= 4 is 33.3 Å². The number of guanidine groups is 1. The Morgan fingerprint density at radius 2 is 1.80 bits per heavy atom. The van der Waals surface area contributed by atoms with Crippen molar-refractivity contribution in [3.63, 3.8) is 0 Å². The number of carbonyl (C=O) groups is 1. The number of fused-ring (bicyclic) bond motifs is 14. The highest BCUT2D eigenvalue weighted by atomic mass is 33.1. The second kappa shape index (κ2) is 17.4. The first-order chi connectivity index (χ1) is 33.5. The van der Waals surface area contributed by atoms with Crippen molar-refractivity contribution in [1.29, 1.82) is 0 Å². The standard InChI is InChI=1S/C56H81N5O7S2/c1-29(63)60-51(57)59-24-32-21-55(27-62)39-17-34(56(55,68)41-19-42(64)40-18-43(65)44(66)23-53(40,4)47(32)41)25-69-70-26-35(61-14-13-58-28-61)22-52(2,3)49-38-15-30-10-11-33-8-6-12-54(33,20-30)48(38)36-9-5-7-31-16-37(39)50(67)46(49)45(31)36/h13-14,19,28-35,37,39-40,43-44,46-48,50,62-63,65-68H,5-12,15-18,20-27H2,1-4H3,(H3,57,59,60). The largest absolute Gasteiger partial charge is 0.396 e. The maximum atomic E-state index is 14.8. The fourth-order valence-corrected chi connectivity index (χ4v) is 23.0. The molecule has 12 nitrogen and oxygen atoms in total. The molecule has 1 saturated heterocycles. The summed E-state index contributed by atoms with van der Waals surface area (Å²) < 4.78 is 2.31. The van der Waals surface area contributed by atoms with Gasteiger partial charge in [0.2, 0.25) is 0 Å². The van der Waals surface area contributed by atoms with Crippen molar-refractivity contribution in [3.05, 3.63) is 52.7 Å². The number of aliphatic hydroxyl groups is 6. The second-order valence-electron chi connectivity index (χ2n) is 26.0. The van der Waals surface area contributed by atoms with Crippen LogP contribution < -0.4 is 11.1 Å². The van der Waals surface area contributed by atoms with Crippen LogP contribution in [0, 0.1) is 86.8 Å². The van der Waals surface area contributed by atoms with Gasteiger partial charge in [0.05, 0.1) is 36.8 Å². The van der Waals surface area contributed by atoms with Gasteiger partial charge in [-0.25, -0.2) is 4.98 Å². The van der Waals surface area contributed by atoms with Crippen molar-refractivity contribution in [2.45, 2.75) is 167 Å². The average Bonchev–Trinajstić information content (AvgIpc) is 4.06. The van der Waals surface area contributed by atoms with Gasteiger partial charge in [-0.15, -0.1) is 0 Å². The molecule has 11 aliphatic rings. The first-order valence-corrected chi connectivity index (χ1v) is 30.0. The van der Waals surface area contributed by atoms with Crippen molar-refractivity contribution < 1.29 is 35.4 Å². The van der Waals surface area contributed by atoms with E-state index in [4.69, 9.17) is 10.7 Å². The van der Waals surface area contributed by atoms with Crippen LogP contribution in [0.5, 0.6) is 0 Å². The molecule has 70 heavy (non-hydrogen) atoms. The number of aliphatic imine (C=N–C) groups is 1. The van der Waals surface area contributed by atoms with E-state index in [0.29, 0.717) is 47.3 Å². The molecular weight excluding hydrogens is 919 g/mol. The van der Waals surface area contributed by atoms with E-state index >= 15 is 0 Å².